The normalized spacial score (nSPS) is 17.2. The average molecular weight is 340 g/mol. The summed E-state index contributed by atoms with van der Waals surface area (Å²) >= 11 is 0. The molecule has 8 heteroatoms. The van der Waals surface area contributed by atoms with Gasteiger partial charge in [0.1, 0.15) is 11.3 Å². The Labute approximate surface area is 143 Å². The van der Waals surface area contributed by atoms with E-state index in [0.29, 0.717) is 17.6 Å². The Kier molecular flexibility index (Phi) is 3.79. The molecule has 0 unspecified atom stereocenters. The molecule has 0 saturated carbocycles. The lowest BCUT2D eigenvalue weighted by Crippen LogP contribution is -2.37. The molecule has 3 heterocycles. The molecule has 2 aromatic heterocycles. The largest absolute Gasteiger partial charge is 0.367 e. The van der Waals surface area contributed by atoms with Crippen LogP contribution in [0.5, 0.6) is 0 Å². The molecule has 1 amide bonds. The van der Waals surface area contributed by atoms with Crippen molar-refractivity contribution >= 4 is 22.6 Å². The van der Waals surface area contributed by atoms with Gasteiger partial charge in [0.25, 0.3) is 5.91 Å². The second-order valence-corrected chi connectivity index (χ2v) is 6.15. The van der Waals surface area contributed by atoms with Crippen LogP contribution < -0.4 is 10.2 Å². The average Bonchev–Trinajstić information content (AvgIpc) is 3.23. The maximum absolute atomic E-state index is 13.8. The van der Waals surface area contributed by atoms with E-state index in [1.807, 2.05) is 13.2 Å². The van der Waals surface area contributed by atoms with E-state index in [2.05, 4.69) is 25.3 Å². The highest BCUT2D eigenvalue weighted by atomic mass is 19.1. The first-order valence-electron chi connectivity index (χ1n) is 8.05. The number of nitrogens with one attached hydrogen (secondary N) is 1. The maximum Gasteiger partial charge on any atom is 0.253 e. The number of hydrogen-bond donors (Lipinski definition) is 1. The number of carbonyl (C=O) groups excluding carboxylic acids is 1. The summed E-state index contributed by atoms with van der Waals surface area (Å²) in [5.74, 6) is -0.829. The molecule has 128 valence electrons. The number of aryl methyl sites for hydroxylation is 1. The Morgan fingerprint density at radius 2 is 2.16 bits per heavy atom. The van der Waals surface area contributed by atoms with Gasteiger partial charge in [0.2, 0.25) is 0 Å². The monoisotopic (exact) mass is 340 g/mol. The van der Waals surface area contributed by atoms with Gasteiger partial charge >= 0.3 is 0 Å². The molecule has 0 spiro atoms. The van der Waals surface area contributed by atoms with Crippen LogP contribution in [0.1, 0.15) is 16.8 Å². The Morgan fingerprint density at radius 1 is 1.32 bits per heavy atom. The van der Waals surface area contributed by atoms with Crippen LogP contribution in [0.2, 0.25) is 0 Å². The predicted octanol–water partition coefficient (Wildman–Crippen LogP) is 1.51. The lowest BCUT2D eigenvalue weighted by Gasteiger charge is -2.17. The zero-order chi connectivity index (χ0) is 17.4. The number of halogens is 1. The van der Waals surface area contributed by atoms with Crippen LogP contribution in [-0.4, -0.2) is 44.8 Å². The van der Waals surface area contributed by atoms with E-state index < -0.39 is 5.82 Å². The fourth-order valence-electron chi connectivity index (χ4n) is 3.16. The van der Waals surface area contributed by atoms with E-state index in [1.165, 1.54) is 24.5 Å². The summed E-state index contributed by atoms with van der Waals surface area (Å²) in [4.78, 5) is 23.0. The molecule has 3 aromatic rings. The molecule has 4 rings (SSSR count). The number of carbonyl (C=O) groups is 1. The third kappa shape index (κ3) is 3.02. The van der Waals surface area contributed by atoms with E-state index in [1.54, 1.807) is 10.9 Å². The fraction of sp³-hybridized carbons (Fsp3) is 0.294. The van der Waals surface area contributed by atoms with Crippen LogP contribution in [0, 0.1) is 5.82 Å². The van der Waals surface area contributed by atoms with E-state index in [4.69, 9.17) is 0 Å². The minimum atomic E-state index is -0.499. The molecule has 0 bridgehead atoms. The summed E-state index contributed by atoms with van der Waals surface area (Å²) in [6.45, 7) is 1.52. The minimum Gasteiger partial charge on any atom is -0.367 e. The van der Waals surface area contributed by atoms with E-state index in [0.717, 1.165) is 18.7 Å². The first-order chi connectivity index (χ1) is 12.1. The van der Waals surface area contributed by atoms with Gasteiger partial charge in [-0.05, 0) is 12.5 Å². The Bertz CT molecular complexity index is 940. The zero-order valence-electron chi connectivity index (χ0n) is 13.7. The summed E-state index contributed by atoms with van der Waals surface area (Å²) in [5, 5.41) is 7.15. The van der Waals surface area contributed by atoms with Crippen LogP contribution in [-0.2, 0) is 7.05 Å². The quantitative estimate of drug-likeness (QED) is 0.782. The first kappa shape index (κ1) is 15.5. The number of amides is 1. The summed E-state index contributed by atoms with van der Waals surface area (Å²) in [7, 11) is 1.87. The standard InChI is InChI=1S/C17H17FN6O/c1-23-10-13(8-21-23)24-5-2-12(9-24)22-17(25)14-6-11(18)7-15-16(14)20-4-3-19-15/h3-4,6-8,10,12H,2,5,9H2,1H3,(H,22,25)/t12-/m0/s1. The van der Waals surface area contributed by atoms with Gasteiger partial charge in [-0.2, -0.15) is 5.10 Å². The van der Waals surface area contributed by atoms with Crippen molar-refractivity contribution in [2.75, 3.05) is 18.0 Å². The second-order valence-electron chi connectivity index (χ2n) is 6.15. The molecular weight excluding hydrogens is 323 g/mol. The number of hydrogen-bond acceptors (Lipinski definition) is 5. The van der Waals surface area contributed by atoms with Crippen molar-refractivity contribution in [3.05, 3.63) is 48.3 Å². The molecule has 1 fully saturated rings. The number of anilines is 1. The molecule has 0 aliphatic carbocycles. The van der Waals surface area contributed by atoms with Crippen molar-refractivity contribution < 1.29 is 9.18 Å². The number of nitrogens with zero attached hydrogens (tertiary/aromatic N) is 5. The van der Waals surface area contributed by atoms with Gasteiger partial charge in [-0.25, -0.2) is 4.39 Å². The molecule has 0 radical (unpaired) electrons. The maximum atomic E-state index is 13.8. The van der Waals surface area contributed by atoms with Gasteiger partial charge in [-0.1, -0.05) is 0 Å². The van der Waals surface area contributed by atoms with E-state index in [-0.39, 0.29) is 17.5 Å². The molecule has 1 N–H and O–H groups in total. The van der Waals surface area contributed by atoms with Crippen molar-refractivity contribution in [2.45, 2.75) is 12.5 Å². The highest BCUT2D eigenvalue weighted by molar-refractivity contribution is 6.04. The molecule has 1 atom stereocenters. The van der Waals surface area contributed by atoms with Crippen LogP contribution in [0.3, 0.4) is 0 Å². The van der Waals surface area contributed by atoms with Crippen LogP contribution >= 0.6 is 0 Å². The van der Waals surface area contributed by atoms with Crippen LogP contribution in [0.4, 0.5) is 10.1 Å². The smallest absolute Gasteiger partial charge is 0.253 e. The van der Waals surface area contributed by atoms with Gasteiger partial charge in [-0.15, -0.1) is 0 Å². The van der Waals surface area contributed by atoms with Crippen LogP contribution in [0.25, 0.3) is 11.0 Å². The van der Waals surface area contributed by atoms with Crippen LogP contribution in [0.15, 0.2) is 36.9 Å². The zero-order valence-corrected chi connectivity index (χ0v) is 13.7. The Balaban J connectivity index is 1.51. The summed E-state index contributed by atoms with van der Waals surface area (Å²) in [5.41, 5.74) is 2.02. The van der Waals surface area contributed by atoms with Crippen molar-refractivity contribution in [2.24, 2.45) is 7.05 Å². The number of fused-ring (bicyclic) bond motifs is 1. The lowest BCUT2D eigenvalue weighted by atomic mass is 10.1. The fourth-order valence-corrected chi connectivity index (χ4v) is 3.16. The first-order valence-corrected chi connectivity index (χ1v) is 8.05. The van der Waals surface area contributed by atoms with Crippen molar-refractivity contribution in [1.82, 2.24) is 25.1 Å². The Morgan fingerprint density at radius 3 is 2.96 bits per heavy atom. The molecular formula is C17H17FN6O. The van der Waals surface area contributed by atoms with E-state index in [9.17, 15) is 9.18 Å². The van der Waals surface area contributed by atoms with Crippen molar-refractivity contribution in [3.8, 4) is 0 Å². The van der Waals surface area contributed by atoms with Gasteiger partial charge in [-0.3, -0.25) is 19.4 Å². The highest BCUT2D eigenvalue weighted by Gasteiger charge is 2.26. The SMILES string of the molecule is Cn1cc(N2CC[C@H](NC(=O)c3cc(F)cc4nccnc34)C2)cn1. The molecule has 1 aliphatic rings. The molecule has 1 aromatic carbocycles. The number of aromatic nitrogens is 4. The lowest BCUT2D eigenvalue weighted by molar-refractivity contribution is 0.0941. The topological polar surface area (TPSA) is 75.9 Å². The van der Waals surface area contributed by atoms with Gasteiger partial charge < -0.3 is 10.2 Å². The van der Waals surface area contributed by atoms with Crippen molar-refractivity contribution in [1.29, 1.82) is 0 Å². The Hall–Kier alpha value is -3.03. The third-order valence-corrected chi connectivity index (χ3v) is 4.36. The number of benzene rings is 1. The summed E-state index contributed by atoms with van der Waals surface area (Å²) < 4.78 is 15.5. The minimum absolute atomic E-state index is 0.0114. The van der Waals surface area contributed by atoms with Gasteiger partial charge in [0.15, 0.2) is 0 Å². The molecule has 25 heavy (non-hydrogen) atoms. The predicted molar refractivity (Wildman–Crippen MR) is 90.8 cm³/mol. The van der Waals surface area contributed by atoms with Gasteiger partial charge in [0.05, 0.1) is 23.0 Å². The number of rotatable bonds is 3. The highest BCUT2D eigenvalue weighted by Crippen LogP contribution is 2.21. The molecule has 7 nitrogen and oxygen atoms in total. The third-order valence-electron chi connectivity index (χ3n) is 4.36. The summed E-state index contributed by atoms with van der Waals surface area (Å²) in [6, 6.07) is 2.47. The second kappa shape index (κ2) is 6.12. The summed E-state index contributed by atoms with van der Waals surface area (Å²) in [6.07, 6.45) is 7.54. The molecule has 1 saturated heterocycles. The molecule has 1 aliphatic heterocycles. The van der Waals surface area contributed by atoms with Crippen molar-refractivity contribution in [3.63, 3.8) is 0 Å². The van der Waals surface area contributed by atoms with Gasteiger partial charge in [0, 0.05) is 50.8 Å². The van der Waals surface area contributed by atoms with E-state index >= 15 is 0 Å².